The van der Waals surface area contributed by atoms with Gasteiger partial charge in [0.15, 0.2) is 5.17 Å². The van der Waals surface area contributed by atoms with Crippen LogP contribution in [0.25, 0.3) is 0 Å². The Labute approximate surface area is 116 Å². The fourth-order valence-corrected chi connectivity index (χ4v) is 3.47. The summed E-state index contributed by atoms with van der Waals surface area (Å²) in [7, 11) is 2.10. The van der Waals surface area contributed by atoms with Crippen LogP contribution >= 0.6 is 27.7 Å². The number of anilines is 1. The second kappa shape index (κ2) is 5.44. The number of rotatable bonds is 2. The molecule has 0 fully saturated rings. The van der Waals surface area contributed by atoms with E-state index in [1.54, 1.807) is 0 Å². The first kappa shape index (κ1) is 13.0. The van der Waals surface area contributed by atoms with E-state index in [9.17, 15) is 0 Å². The van der Waals surface area contributed by atoms with Crippen LogP contribution in [0, 0.1) is 13.8 Å². The second-order valence-corrected chi connectivity index (χ2v) is 6.28. The van der Waals surface area contributed by atoms with Crippen LogP contribution in [0.1, 0.15) is 11.1 Å². The van der Waals surface area contributed by atoms with Crippen LogP contribution < -0.4 is 4.90 Å². The van der Waals surface area contributed by atoms with Crippen molar-refractivity contribution >= 4 is 38.5 Å². The number of amidine groups is 1. The molecular formula is C13H17BrN2S. The van der Waals surface area contributed by atoms with E-state index in [0.29, 0.717) is 5.25 Å². The summed E-state index contributed by atoms with van der Waals surface area (Å²) >= 11 is 5.38. The van der Waals surface area contributed by atoms with Crippen molar-refractivity contribution < 1.29 is 0 Å². The van der Waals surface area contributed by atoms with Gasteiger partial charge in [0.05, 0.1) is 6.54 Å². The average Bonchev–Trinajstić information content (AvgIpc) is 2.76. The lowest BCUT2D eigenvalue weighted by atomic mass is 10.1. The third kappa shape index (κ3) is 2.86. The number of alkyl halides is 1. The number of halogens is 1. The molecule has 0 aromatic heterocycles. The minimum absolute atomic E-state index is 0.582. The summed E-state index contributed by atoms with van der Waals surface area (Å²) < 4.78 is 0. The Bertz CT molecular complexity index is 445. The molecule has 0 N–H and O–H groups in total. The zero-order chi connectivity index (χ0) is 12.4. The van der Waals surface area contributed by atoms with Crippen LogP contribution in [0.2, 0.25) is 0 Å². The van der Waals surface area contributed by atoms with E-state index < -0.39 is 0 Å². The number of nitrogens with zero attached hydrogens (tertiary/aromatic N) is 2. The van der Waals surface area contributed by atoms with Gasteiger partial charge in [0, 0.05) is 23.3 Å². The Morgan fingerprint density at radius 3 is 2.82 bits per heavy atom. The lowest BCUT2D eigenvalue weighted by Crippen LogP contribution is -2.23. The third-order valence-corrected chi connectivity index (χ3v) is 5.35. The molecule has 0 saturated carbocycles. The standard InChI is InChI=1S/C13H17BrN2S/c1-9-4-5-12(10(2)6-9)16(3)13-15-8-11(7-14)17-13/h4-6,11H,7-8H2,1-3H3. The number of aliphatic imine (C=N–C) groups is 1. The molecule has 0 radical (unpaired) electrons. The minimum Gasteiger partial charge on any atom is -0.324 e. The van der Waals surface area contributed by atoms with Gasteiger partial charge in [0.1, 0.15) is 0 Å². The number of hydrogen-bond donors (Lipinski definition) is 0. The van der Waals surface area contributed by atoms with Gasteiger partial charge in [0.25, 0.3) is 0 Å². The normalized spacial score (nSPS) is 19.3. The van der Waals surface area contributed by atoms with E-state index in [1.807, 2.05) is 11.8 Å². The van der Waals surface area contributed by atoms with Crippen LogP contribution in [0.5, 0.6) is 0 Å². The van der Waals surface area contributed by atoms with Gasteiger partial charge in [-0.25, -0.2) is 0 Å². The van der Waals surface area contributed by atoms with Crippen molar-refractivity contribution in [2.75, 3.05) is 23.8 Å². The summed E-state index contributed by atoms with van der Waals surface area (Å²) in [5.74, 6) is 0. The Balaban J connectivity index is 2.17. The lowest BCUT2D eigenvalue weighted by Gasteiger charge is -2.21. The summed E-state index contributed by atoms with van der Waals surface area (Å²) in [6.07, 6.45) is 0. The maximum Gasteiger partial charge on any atom is 0.163 e. The highest BCUT2D eigenvalue weighted by Crippen LogP contribution is 2.29. The van der Waals surface area contributed by atoms with Gasteiger partial charge < -0.3 is 4.90 Å². The van der Waals surface area contributed by atoms with Gasteiger partial charge >= 0.3 is 0 Å². The molecule has 1 aliphatic heterocycles. The topological polar surface area (TPSA) is 15.6 Å². The lowest BCUT2D eigenvalue weighted by molar-refractivity contribution is 0.989. The van der Waals surface area contributed by atoms with Crippen molar-refractivity contribution in [3.63, 3.8) is 0 Å². The van der Waals surface area contributed by atoms with Crippen molar-refractivity contribution in [1.82, 2.24) is 0 Å². The number of thioether (sulfide) groups is 1. The molecule has 2 nitrogen and oxygen atoms in total. The molecular weight excluding hydrogens is 296 g/mol. The molecule has 0 saturated heterocycles. The highest BCUT2D eigenvalue weighted by Gasteiger charge is 2.22. The molecule has 1 heterocycles. The first-order valence-corrected chi connectivity index (χ1v) is 7.70. The quantitative estimate of drug-likeness (QED) is 0.775. The van der Waals surface area contributed by atoms with Crippen LogP contribution in [0.4, 0.5) is 5.69 Å². The smallest absolute Gasteiger partial charge is 0.163 e. The zero-order valence-corrected chi connectivity index (χ0v) is 12.8. The molecule has 0 amide bonds. The summed E-state index contributed by atoms with van der Waals surface area (Å²) in [5, 5.41) is 2.71. The Kier molecular flexibility index (Phi) is 4.15. The monoisotopic (exact) mass is 312 g/mol. The Morgan fingerprint density at radius 2 is 2.24 bits per heavy atom. The van der Waals surface area contributed by atoms with Gasteiger partial charge in [-0.05, 0) is 25.5 Å². The maximum absolute atomic E-state index is 4.60. The molecule has 1 aliphatic rings. The van der Waals surface area contributed by atoms with Crippen molar-refractivity contribution in [3.05, 3.63) is 29.3 Å². The highest BCUT2D eigenvalue weighted by molar-refractivity contribution is 9.09. The number of benzene rings is 1. The fraction of sp³-hybridized carbons (Fsp3) is 0.462. The average molecular weight is 313 g/mol. The highest BCUT2D eigenvalue weighted by atomic mass is 79.9. The minimum atomic E-state index is 0.582. The molecule has 4 heteroatoms. The molecule has 0 aliphatic carbocycles. The SMILES string of the molecule is Cc1ccc(N(C)C2=NCC(CBr)S2)c(C)c1. The largest absolute Gasteiger partial charge is 0.324 e. The molecule has 2 rings (SSSR count). The molecule has 0 bridgehead atoms. The van der Waals surface area contributed by atoms with E-state index in [1.165, 1.54) is 16.8 Å². The van der Waals surface area contributed by atoms with E-state index in [-0.39, 0.29) is 0 Å². The van der Waals surface area contributed by atoms with E-state index in [0.717, 1.165) is 17.0 Å². The summed E-state index contributed by atoms with van der Waals surface area (Å²) in [4.78, 5) is 6.80. The van der Waals surface area contributed by atoms with Gasteiger partial charge in [0.2, 0.25) is 0 Å². The Hall–Kier alpha value is -0.480. The zero-order valence-electron chi connectivity index (χ0n) is 10.4. The molecule has 1 aromatic rings. The summed E-state index contributed by atoms with van der Waals surface area (Å²) in [6.45, 7) is 5.20. The van der Waals surface area contributed by atoms with Crippen molar-refractivity contribution in [2.45, 2.75) is 19.1 Å². The van der Waals surface area contributed by atoms with Crippen LogP contribution in [-0.2, 0) is 0 Å². The van der Waals surface area contributed by atoms with Crippen molar-refractivity contribution in [2.24, 2.45) is 4.99 Å². The summed E-state index contributed by atoms with van der Waals surface area (Å²) in [5.41, 5.74) is 3.86. The van der Waals surface area contributed by atoms with Gasteiger partial charge in [-0.2, -0.15) is 0 Å². The first-order valence-electron chi connectivity index (χ1n) is 5.70. The van der Waals surface area contributed by atoms with E-state index in [4.69, 9.17) is 0 Å². The van der Waals surface area contributed by atoms with Crippen LogP contribution in [0.3, 0.4) is 0 Å². The molecule has 1 atom stereocenters. The predicted octanol–water partition coefficient (Wildman–Crippen LogP) is 3.61. The van der Waals surface area contributed by atoms with Gasteiger partial charge in [-0.15, -0.1) is 0 Å². The van der Waals surface area contributed by atoms with E-state index >= 15 is 0 Å². The number of hydrogen-bond acceptors (Lipinski definition) is 3. The molecule has 92 valence electrons. The third-order valence-electron chi connectivity index (χ3n) is 2.87. The maximum atomic E-state index is 4.60. The number of aryl methyl sites for hydroxylation is 2. The molecule has 17 heavy (non-hydrogen) atoms. The van der Waals surface area contributed by atoms with Crippen molar-refractivity contribution in [3.8, 4) is 0 Å². The van der Waals surface area contributed by atoms with Gasteiger partial charge in [-0.3, -0.25) is 4.99 Å². The summed E-state index contributed by atoms with van der Waals surface area (Å²) in [6, 6.07) is 6.55. The second-order valence-electron chi connectivity index (χ2n) is 4.37. The Morgan fingerprint density at radius 1 is 1.47 bits per heavy atom. The molecule has 1 unspecified atom stereocenters. The van der Waals surface area contributed by atoms with Crippen LogP contribution in [-0.4, -0.2) is 29.3 Å². The fourth-order valence-electron chi connectivity index (χ4n) is 1.95. The predicted molar refractivity (Wildman–Crippen MR) is 81.8 cm³/mol. The van der Waals surface area contributed by atoms with Crippen molar-refractivity contribution in [1.29, 1.82) is 0 Å². The van der Waals surface area contributed by atoms with Crippen LogP contribution in [0.15, 0.2) is 23.2 Å². The first-order chi connectivity index (χ1) is 8.11. The molecule has 1 aromatic carbocycles. The van der Waals surface area contributed by atoms with E-state index in [2.05, 4.69) is 64.9 Å². The van der Waals surface area contributed by atoms with Gasteiger partial charge in [-0.1, -0.05) is 45.4 Å². The molecule has 0 spiro atoms.